The number of aromatic hydroxyl groups is 1. The van der Waals surface area contributed by atoms with Gasteiger partial charge in [0.1, 0.15) is 17.3 Å². The van der Waals surface area contributed by atoms with Crippen LogP contribution in [0.3, 0.4) is 0 Å². The summed E-state index contributed by atoms with van der Waals surface area (Å²) in [6.07, 6.45) is 19.5. The van der Waals surface area contributed by atoms with Crippen LogP contribution < -0.4 is 0 Å². The Kier molecular flexibility index (Phi) is 6.90. The Balaban J connectivity index is 0.000000135. The Labute approximate surface area is 247 Å². The van der Waals surface area contributed by atoms with Crippen LogP contribution in [0.15, 0.2) is 41.0 Å². The van der Waals surface area contributed by atoms with Crippen molar-refractivity contribution in [1.82, 2.24) is 0 Å². The number of ketones is 2. The molecule has 0 heterocycles. The van der Waals surface area contributed by atoms with Gasteiger partial charge in [-0.1, -0.05) is 42.7 Å². The van der Waals surface area contributed by atoms with Crippen molar-refractivity contribution in [2.24, 2.45) is 40.4 Å². The standard InChI is InChI=1S/C20H28O.C18H22O2/c1-3-20-11-10-16-15-6-4-13(2)12-14(15)5-7-17(16)18(20)8-9-19(20)21;1-18-9-8-14-13-5-3-12(19)10-11(13)2-4-15(14)16(18)6-7-17(18)20/h4,16-18H,3,5-12H2,1-2H3;3,5,10,14-16,19H,2,4,6-9H2,1H3/t16-,17-,18+,20+;14-,15-,16+,18+/m11/s1. The van der Waals surface area contributed by atoms with Crippen LogP contribution in [0.4, 0.5) is 0 Å². The van der Waals surface area contributed by atoms with E-state index in [1.807, 2.05) is 12.1 Å². The fourth-order valence-corrected chi connectivity index (χ4v) is 11.6. The average Bonchev–Trinajstić information content (AvgIpc) is 3.48. The fraction of sp³-hybridized carbons (Fsp3) is 0.684. The third-order valence-corrected chi connectivity index (χ3v) is 13.8. The lowest BCUT2D eigenvalue weighted by Crippen LogP contribution is -2.45. The predicted molar refractivity (Wildman–Crippen MR) is 164 cm³/mol. The highest BCUT2D eigenvalue weighted by Crippen LogP contribution is 2.62. The van der Waals surface area contributed by atoms with Gasteiger partial charge in [-0.2, -0.15) is 0 Å². The molecule has 4 fully saturated rings. The van der Waals surface area contributed by atoms with Crippen molar-refractivity contribution in [2.45, 2.75) is 123 Å². The lowest BCUT2D eigenvalue weighted by molar-refractivity contribution is -0.131. The number of benzene rings is 1. The second-order valence-corrected chi connectivity index (χ2v) is 15.2. The summed E-state index contributed by atoms with van der Waals surface area (Å²) < 4.78 is 0. The van der Waals surface area contributed by atoms with Gasteiger partial charge in [0.25, 0.3) is 0 Å². The molecule has 0 unspecified atom stereocenters. The molecule has 7 aliphatic rings. The molecular formula is C38H50O3. The van der Waals surface area contributed by atoms with Crippen molar-refractivity contribution >= 4 is 11.6 Å². The Morgan fingerprint density at radius 3 is 2.41 bits per heavy atom. The Hall–Kier alpha value is -2.16. The quantitative estimate of drug-likeness (QED) is 0.352. The van der Waals surface area contributed by atoms with Crippen LogP contribution in [0.5, 0.6) is 5.75 Å². The van der Waals surface area contributed by atoms with Gasteiger partial charge in [0.2, 0.25) is 0 Å². The van der Waals surface area contributed by atoms with Gasteiger partial charge in [-0.25, -0.2) is 0 Å². The van der Waals surface area contributed by atoms with E-state index in [1.165, 1.54) is 62.5 Å². The second kappa shape index (κ2) is 10.2. The number of Topliss-reactive ketones (excluding diaryl/α,β-unsaturated/α-hetero) is 2. The van der Waals surface area contributed by atoms with E-state index in [4.69, 9.17) is 0 Å². The third kappa shape index (κ3) is 4.26. The lowest BCUT2D eigenvalue weighted by Gasteiger charge is -2.50. The molecule has 8 atom stereocenters. The number of phenols is 1. The first-order valence-electron chi connectivity index (χ1n) is 17.0. The van der Waals surface area contributed by atoms with Crippen LogP contribution in [0.25, 0.3) is 0 Å². The Morgan fingerprint density at radius 2 is 1.59 bits per heavy atom. The molecule has 7 aliphatic carbocycles. The molecule has 4 saturated carbocycles. The highest BCUT2D eigenvalue weighted by atomic mass is 16.3. The number of aryl methyl sites for hydroxylation is 1. The van der Waals surface area contributed by atoms with Crippen molar-refractivity contribution in [2.75, 3.05) is 0 Å². The molecule has 3 heteroatoms. The van der Waals surface area contributed by atoms with Crippen molar-refractivity contribution in [3.05, 3.63) is 52.1 Å². The molecule has 0 bridgehead atoms. The molecule has 0 amide bonds. The first-order valence-corrected chi connectivity index (χ1v) is 17.0. The molecule has 220 valence electrons. The first-order chi connectivity index (χ1) is 19.7. The van der Waals surface area contributed by atoms with Crippen LogP contribution in [-0.2, 0) is 16.0 Å². The van der Waals surface area contributed by atoms with Gasteiger partial charge in [0, 0.05) is 23.7 Å². The van der Waals surface area contributed by atoms with Crippen LogP contribution in [-0.4, -0.2) is 16.7 Å². The minimum absolute atomic E-state index is 0.0322. The summed E-state index contributed by atoms with van der Waals surface area (Å²) in [4.78, 5) is 24.8. The topological polar surface area (TPSA) is 54.4 Å². The van der Waals surface area contributed by atoms with E-state index < -0.39 is 0 Å². The molecule has 0 radical (unpaired) electrons. The number of hydrogen-bond donors (Lipinski definition) is 1. The zero-order chi connectivity index (χ0) is 28.5. The summed E-state index contributed by atoms with van der Waals surface area (Å²) >= 11 is 0. The Morgan fingerprint density at radius 1 is 0.854 bits per heavy atom. The highest BCUT2D eigenvalue weighted by molar-refractivity contribution is 5.88. The van der Waals surface area contributed by atoms with E-state index in [1.54, 1.807) is 16.7 Å². The van der Waals surface area contributed by atoms with Crippen molar-refractivity contribution in [1.29, 1.82) is 0 Å². The van der Waals surface area contributed by atoms with E-state index >= 15 is 0 Å². The maximum Gasteiger partial charge on any atom is 0.139 e. The summed E-state index contributed by atoms with van der Waals surface area (Å²) in [5.41, 5.74) is 7.96. The van der Waals surface area contributed by atoms with Gasteiger partial charge in [-0.3, -0.25) is 9.59 Å². The summed E-state index contributed by atoms with van der Waals surface area (Å²) in [5, 5.41) is 9.67. The number of rotatable bonds is 1. The molecule has 0 saturated heterocycles. The predicted octanol–water partition coefficient (Wildman–Crippen LogP) is 9.04. The zero-order valence-corrected chi connectivity index (χ0v) is 25.6. The number of fused-ring (bicyclic) bond motifs is 9. The van der Waals surface area contributed by atoms with Gasteiger partial charge in [-0.05, 0) is 149 Å². The van der Waals surface area contributed by atoms with Crippen LogP contribution in [0.1, 0.15) is 128 Å². The smallest absolute Gasteiger partial charge is 0.139 e. The maximum atomic E-state index is 12.5. The minimum Gasteiger partial charge on any atom is -0.508 e. The fourth-order valence-electron chi connectivity index (χ4n) is 11.6. The van der Waals surface area contributed by atoms with Crippen LogP contribution >= 0.6 is 0 Å². The monoisotopic (exact) mass is 554 g/mol. The molecule has 41 heavy (non-hydrogen) atoms. The van der Waals surface area contributed by atoms with E-state index in [0.29, 0.717) is 41.0 Å². The highest BCUT2D eigenvalue weighted by Gasteiger charge is 2.57. The van der Waals surface area contributed by atoms with Crippen LogP contribution in [0, 0.1) is 40.4 Å². The molecular weight excluding hydrogens is 504 g/mol. The minimum atomic E-state index is -0.0322. The van der Waals surface area contributed by atoms with Gasteiger partial charge in [0.15, 0.2) is 0 Å². The SMILES string of the molecule is CC[C@]12CC[C@@H]3C4=C(CC[C@H]3[C@@H]1CCC2=O)CC(C)=CC4.C[C@]12CC[C@@H]3c4ccc(O)cc4CC[C@H]3[C@@H]1CCC2=O. The normalized spacial score (nSPS) is 40.7. The summed E-state index contributed by atoms with van der Waals surface area (Å²) in [5.74, 6) is 5.72. The van der Waals surface area contributed by atoms with E-state index in [2.05, 4.69) is 32.9 Å². The summed E-state index contributed by atoms with van der Waals surface area (Å²) in [6, 6.07) is 5.90. The number of phenolic OH excluding ortho intramolecular Hbond substituents is 1. The molecule has 1 aromatic carbocycles. The van der Waals surface area contributed by atoms with Crippen LogP contribution in [0.2, 0.25) is 0 Å². The third-order valence-electron chi connectivity index (χ3n) is 13.8. The average molecular weight is 555 g/mol. The van der Waals surface area contributed by atoms with Gasteiger partial charge in [0.05, 0.1) is 0 Å². The van der Waals surface area contributed by atoms with Gasteiger partial charge in [-0.15, -0.1) is 0 Å². The number of allylic oxidation sites excluding steroid dienone is 4. The molecule has 8 rings (SSSR count). The zero-order valence-electron chi connectivity index (χ0n) is 25.6. The lowest BCUT2D eigenvalue weighted by atomic mass is 9.53. The van der Waals surface area contributed by atoms with Crippen molar-refractivity contribution in [3.63, 3.8) is 0 Å². The summed E-state index contributed by atoms with van der Waals surface area (Å²) in [7, 11) is 0. The maximum absolute atomic E-state index is 12.5. The molecule has 0 aliphatic heterocycles. The first kappa shape index (κ1) is 27.7. The second-order valence-electron chi connectivity index (χ2n) is 15.2. The van der Waals surface area contributed by atoms with Crippen molar-refractivity contribution in [3.8, 4) is 5.75 Å². The molecule has 3 nitrogen and oxygen atoms in total. The molecule has 1 aromatic rings. The largest absolute Gasteiger partial charge is 0.508 e. The molecule has 0 spiro atoms. The van der Waals surface area contributed by atoms with Gasteiger partial charge < -0.3 is 5.11 Å². The number of hydrogen-bond acceptors (Lipinski definition) is 3. The van der Waals surface area contributed by atoms with E-state index in [0.717, 1.165) is 56.8 Å². The van der Waals surface area contributed by atoms with Crippen molar-refractivity contribution < 1.29 is 14.7 Å². The molecule has 1 N–H and O–H groups in total. The number of carbonyl (C=O) groups excluding carboxylic acids is 2. The van der Waals surface area contributed by atoms with E-state index in [9.17, 15) is 14.7 Å². The van der Waals surface area contributed by atoms with E-state index in [-0.39, 0.29) is 10.8 Å². The van der Waals surface area contributed by atoms with Gasteiger partial charge >= 0.3 is 0 Å². The Bertz CT molecular complexity index is 1320. The number of carbonyl (C=O) groups is 2. The summed E-state index contributed by atoms with van der Waals surface area (Å²) in [6.45, 7) is 6.76. The molecule has 0 aromatic heterocycles.